The van der Waals surface area contributed by atoms with Gasteiger partial charge in [0, 0.05) is 4.47 Å². The SMILES string of the molecule is C[C@]1(O)CC[C@@H]1Oc1cccc(Br)c1. The van der Waals surface area contributed by atoms with E-state index in [2.05, 4.69) is 15.9 Å². The predicted octanol–water partition coefficient (Wildman–Crippen LogP) is 2.74. The Morgan fingerprint density at radius 2 is 2.36 bits per heavy atom. The summed E-state index contributed by atoms with van der Waals surface area (Å²) in [5.41, 5.74) is -0.650. The van der Waals surface area contributed by atoms with E-state index in [1.54, 1.807) is 0 Å². The molecule has 1 aliphatic carbocycles. The smallest absolute Gasteiger partial charge is 0.127 e. The van der Waals surface area contributed by atoms with Crippen LogP contribution >= 0.6 is 15.9 Å². The van der Waals surface area contributed by atoms with Crippen LogP contribution in [0, 0.1) is 0 Å². The third-order valence-corrected chi connectivity index (χ3v) is 3.17. The highest BCUT2D eigenvalue weighted by Crippen LogP contribution is 2.35. The Hall–Kier alpha value is -0.540. The molecule has 2 nitrogen and oxygen atoms in total. The minimum absolute atomic E-state index is 0.0585. The maximum absolute atomic E-state index is 9.77. The molecule has 0 radical (unpaired) electrons. The van der Waals surface area contributed by atoms with Crippen molar-refractivity contribution < 1.29 is 9.84 Å². The number of rotatable bonds is 2. The molecule has 14 heavy (non-hydrogen) atoms. The lowest BCUT2D eigenvalue weighted by molar-refractivity contribution is -0.118. The molecular formula is C11H13BrO2. The van der Waals surface area contributed by atoms with E-state index in [1.165, 1.54) is 0 Å². The minimum atomic E-state index is -0.650. The van der Waals surface area contributed by atoms with Gasteiger partial charge >= 0.3 is 0 Å². The van der Waals surface area contributed by atoms with E-state index >= 15 is 0 Å². The molecule has 0 aromatic heterocycles. The fraction of sp³-hybridized carbons (Fsp3) is 0.455. The van der Waals surface area contributed by atoms with Gasteiger partial charge in [-0.3, -0.25) is 0 Å². The third-order valence-electron chi connectivity index (χ3n) is 2.68. The van der Waals surface area contributed by atoms with E-state index in [-0.39, 0.29) is 6.10 Å². The van der Waals surface area contributed by atoms with Gasteiger partial charge in [0.05, 0.1) is 5.60 Å². The van der Waals surface area contributed by atoms with Crippen LogP contribution in [-0.4, -0.2) is 16.8 Å². The van der Waals surface area contributed by atoms with E-state index in [0.717, 1.165) is 23.1 Å². The van der Waals surface area contributed by atoms with Crippen LogP contribution < -0.4 is 4.74 Å². The van der Waals surface area contributed by atoms with Crippen molar-refractivity contribution in [3.63, 3.8) is 0 Å². The molecule has 0 bridgehead atoms. The van der Waals surface area contributed by atoms with Gasteiger partial charge in [-0.05, 0) is 38.0 Å². The molecule has 2 atom stereocenters. The molecule has 1 aromatic rings. The topological polar surface area (TPSA) is 29.5 Å². The molecule has 1 saturated carbocycles. The molecule has 2 rings (SSSR count). The highest BCUT2D eigenvalue weighted by Gasteiger charge is 2.42. The Kier molecular flexibility index (Phi) is 2.54. The van der Waals surface area contributed by atoms with Gasteiger partial charge in [0.15, 0.2) is 0 Å². The van der Waals surface area contributed by atoms with E-state index in [9.17, 15) is 5.11 Å². The second kappa shape index (κ2) is 3.55. The van der Waals surface area contributed by atoms with Gasteiger partial charge < -0.3 is 9.84 Å². The molecule has 0 heterocycles. The van der Waals surface area contributed by atoms with Gasteiger partial charge in [0.25, 0.3) is 0 Å². The number of benzene rings is 1. The molecule has 1 fully saturated rings. The third kappa shape index (κ3) is 1.93. The average molecular weight is 257 g/mol. The summed E-state index contributed by atoms with van der Waals surface area (Å²) in [6.07, 6.45) is 1.70. The van der Waals surface area contributed by atoms with E-state index in [0.29, 0.717) is 0 Å². The van der Waals surface area contributed by atoms with Gasteiger partial charge in [-0.15, -0.1) is 0 Å². The molecule has 1 N–H and O–H groups in total. The van der Waals surface area contributed by atoms with Gasteiger partial charge in [0.1, 0.15) is 11.9 Å². The molecule has 1 aromatic carbocycles. The number of hydrogen-bond acceptors (Lipinski definition) is 2. The lowest BCUT2D eigenvalue weighted by Crippen LogP contribution is -2.52. The Balaban J connectivity index is 2.05. The predicted molar refractivity (Wildman–Crippen MR) is 58.4 cm³/mol. The first-order valence-corrected chi connectivity index (χ1v) is 5.52. The minimum Gasteiger partial charge on any atom is -0.487 e. The molecule has 0 amide bonds. The Bertz CT molecular complexity index is 336. The largest absolute Gasteiger partial charge is 0.487 e. The fourth-order valence-corrected chi connectivity index (χ4v) is 1.95. The molecule has 1 aliphatic rings. The van der Waals surface area contributed by atoms with Gasteiger partial charge in [-0.2, -0.15) is 0 Å². The first kappa shape index (κ1) is 9.99. The van der Waals surface area contributed by atoms with Crippen molar-refractivity contribution in [3.05, 3.63) is 28.7 Å². The molecule has 0 unspecified atom stereocenters. The standard InChI is InChI=1S/C11H13BrO2/c1-11(13)6-5-10(11)14-9-4-2-3-8(12)7-9/h2-4,7,10,13H,5-6H2,1H3/t10-,11-/m0/s1. The molecule has 0 saturated heterocycles. The van der Waals surface area contributed by atoms with Crippen molar-refractivity contribution in [3.8, 4) is 5.75 Å². The zero-order valence-corrected chi connectivity index (χ0v) is 9.62. The van der Waals surface area contributed by atoms with Crippen LogP contribution in [0.3, 0.4) is 0 Å². The van der Waals surface area contributed by atoms with Gasteiger partial charge in [-0.1, -0.05) is 22.0 Å². The summed E-state index contributed by atoms with van der Waals surface area (Å²) in [6, 6.07) is 7.69. The zero-order chi connectivity index (χ0) is 10.2. The molecular weight excluding hydrogens is 244 g/mol. The molecule has 0 aliphatic heterocycles. The monoisotopic (exact) mass is 256 g/mol. The van der Waals surface area contributed by atoms with Crippen molar-refractivity contribution >= 4 is 15.9 Å². The van der Waals surface area contributed by atoms with Crippen LogP contribution in [0.4, 0.5) is 0 Å². The number of aliphatic hydroxyl groups is 1. The highest BCUT2D eigenvalue weighted by molar-refractivity contribution is 9.10. The van der Waals surface area contributed by atoms with Crippen LogP contribution in [-0.2, 0) is 0 Å². The maximum atomic E-state index is 9.77. The lowest BCUT2D eigenvalue weighted by atomic mass is 9.78. The summed E-state index contributed by atoms with van der Waals surface area (Å²) >= 11 is 3.38. The second-order valence-corrected chi connectivity index (χ2v) is 4.88. The summed E-state index contributed by atoms with van der Waals surface area (Å²) in [7, 11) is 0. The molecule has 76 valence electrons. The number of hydrogen-bond donors (Lipinski definition) is 1. The van der Waals surface area contributed by atoms with Crippen molar-refractivity contribution in [1.82, 2.24) is 0 Å². The van der Waals surface area contributed by atoms with Crippen LogP contribution in [0.1, 0.15) is 19.8 Å². The van der Waals surface area contributed by atoms with Crippen molar-refractivity contribution in [1.29, 1.82) is 0 Å². The lowest BCUT2D eigenvalue weighted by Gasteiger charge is -2.42. The molecule has 0 spiro atoms. The van der Waals surface area contributed by atoms with Crippen LogP contribution in [0.15, 0.2) is 28.7 Å². The van der Waals surface area contributed by atoms with Crippen LogP contribution in [0.2, 0.25) is 0 Å². The van der Waals surface area contributed by atoms with Crippen LogP contribution in [0.5, 0.6) is 5.75 Å². The van der Waals surface area contributed by atoms with Crippen molar-refractivity contribution in [2.75, 3.05) is 0 Å². The number of halogens is 1. The Morgan fingerprint density at radius 1 is 1.57 bits per heavy atom. The maximum Gasteiger partial charge on any atom is 0.127 e. The Morgan fingerprint density at radius 3 is 2.86 bits per heavy atom. The summed E-state index contributed by atoms with van der Waals surface area (Å²) in [6.45, 7) is 1.82. The fourth-order valence-electron chi connectivity index (χ4n) is 1.57. The van der Waals surface area contributed by atoms with Gasteiger partial charge in [-0.25, -0.2) is 0 Å². The quantitative estimate of drug-likeness (QED) is 0.882. The van der Waals surface area contributed by atoms with Crippen molar-refractivity contribution in [2.24, 2.45) is 0 Å². The summed E-state index contributed by atoms with van der Waals surface area (Å²) in [5, 5.41) is 9.77. The highest BCUT2D eigenvalue weighted by atomic mass is 79.9. The second-order valence-electron chi connectivity index (χ2n) is 3.96. The number of ether oxygens (including phenoxy) is 1. The summed E-state index contributed by atoms with van der Waals surface area (Å²) in [4.78, 5) is 0. The summed E-state index contributed by atoms with van der Waals surface area (Å²) < 4.78 is 6.66. The van der Waals surface area contributed by atoms with E-state index in [1.807, 2.05) is 31.2 Å². The van der Waals surface area contributed by atoms with Gasteiger partial charge in [0.2, 0.25) is 0 Å². The molecule has 3 heteroatoms. The van der Waals surface area contributed by atoms with E-state index < -0.39 is 5.60 Å². The first-order valence-electron chi connectivity index (χ1n) is 4.72. The summed E-state index contributed by atoms with van der Waals surface area (Å²) in [5.74, 6) is 0.810. The van der Waals surface area contributed by atoms with Crippen LogP contribution in [0.25, 0.3) is 0 Å². The zero-order valence-electron chi connectivity index (χ0n) is 8.03. The Labute approximate surface area is 92.0 Å². The van der Waals surface area contributed by atoms with E-state index in [4.69, 9.17) is 4.74 Å². The average Bonchev–Trinajstić information content (AvgIpc) is 2.13. The first-order chi connectivity index (χ1) is 6.58. The van der Waals surface area contributed by atoms with Crippen molar-refractivity contribution in [2.45, 2.75) is 31.5 Å². The normalized spacial score (nSPS) is 30.9.